The lowest BCUT2D eigenvalue weighted by Crippen LogP contribution is -2.25. The van der Waals surface area contributed by atoms with E-state index < -0.39 is 0 Å². The van der Waals surface area contributed by atoms with Crippen LogP contribution in [0.25, 0.3) is 0 Å². The number of hydrogen-bond acceptors (Lipinski definition) is 2. The summed E-state index contributed by atoms with van der Waals surface area (Å²) in [4.78, 5) is 2.15. The van der Waals surface area contributed by atoms with Crippen molar-refractivity contribution in [3.63, 3.8) is 0 Å². The van der Waals surface area contributed by atoms with Crippen molar-refractivity contribution in [1.82, 2.24) is 10.2 Å². The minimum atomic E-state index is -0.116. The molecule has 0 radical (unpaired) electrons. The second-order valence-electron chi connectivity index (χ2n) is 4.71. The van der Waals surface area contributed by atoms with Crippen LogP contribution in [-0.4, -0.2) is 32.1 Å². The van der Waals surface area contributed by atoms with Gasteiger partial charge < -0.3 is 10.2 Å². The Labute approximate surface area is 104 Å². The summed E-state index contributed by atoms with van der Waals surface area (Å²) >= 11 is 0. The summed E-state index contributed by atoms with van der Waals surface area (Å²) < 4.78 is 13.5. The highest BCUT2D eigenvalue weighted by molar-refractivity contribution is 5.25. The second-order valence-corrected chi connectivity index (χ2v) is 4.71. The van der Waals surface area contributed by atoms with E-state index >= 15 is 0 Å². The van der Waals surface area contributed by atoms with E-state index in [1.54, 1.807) is 13.0 Å². The normalized spacial score (nSPS) is 13.1. The van der Waals surface area contributed by atoms with Gasteiger partial charge in [0.1, 0.15) is 5.82 Å². The van der Waals surface area contributed by atoms with Crippen molar-refractivity contribution in [1.29, 1.82) is 0 Å². The molecule has 1 atom stereocenters. The van der Waals surface area contributed by atoms with Gasteiger partial charge in [0.05, 0.1) is 0 Å². The maximum Gasteiger partial charge on any atom is 0.126 e. The number of aryl methyl sites for hydroxylation is 1. The van der Waals surface area contributed by atoms with Crippen molar-refractivity contribution < 1.29 is 4.39 Å². The molecule has 0 aliphatic rings. The van der Waals surface area contributed by atoms with Gasteiger partial charge in [0.15, 0.2) is 0 Å². The number of benzene rings is 1. The zero-order valence-electron chi connectivity index (χ0n) is 11.3. The molecule has 1 aromatic rings. The fraction of sp³-hybridized carbons (Fsp3) is 0.571. The van der Waals surface area contributed by atoms with Gasteiger partial charge >= 0.3 is 0 Å². The molecule has 0 amide bonds. The van der Waals surface area contributed by atoms with Crippen LogP contribution in [0.3, 0.4) is 0 Å². The van der Waals surface area contributed by atoms with E-state index in [1.807, 2.05) is 12.1 Å². The Hall–Kier alpha value is -0.930. The average Bonchev–Trinajstić information content (AvgIpc) is 2.28. The molecule has 0 spiro atoms. The van der Waals surface area contributed by atoms with E-state index in [0.717, 1.165) is 25.1 Å². The third-order valence-corrected chi connectivity index (χ3v) is 2.91. The molecule has 1 unspecified atom stereocenters. The summed E-state index contributed by atoms with van der Waals surface area (Å²) in [5, 5.41) is 3.41. The Morgan fingerprint density at radius 3 is 2.59 bits per heavy atom. The van der Waals surface area contributed by atoms with E-state index in [-0.39, 0.29) is 11.9 Å². The van der Waals surface area contributed by atoms with Gasteiger partial charge in [0.25, 0.3) is 0 Å². The van der Waals surface area contributed by atoms with E-state index in [2.05, 4.69) is 31.2 Å². The van der Waals surface area contributed by atoms with Crippen LogP contribution in [0.4, 0.5) is 4.39 Å². The highest BCUT2D eigenvalue weighted by atomic mass is 19.1. The first kappa shape index (κ1) is 14.1. The molecule has 0 aromatic heterocycles. The highest BCUT2D eigenvalue weighted by Gasteiger charge is 2.11. The van der Waals surface area contributed by atoms with E-state index in [1.165, 1.54) is 0 Å². The van der Waals surface area contributed by atoms with Crippen molar-refractivity contribution >= 4 is 0 Å². The smallest absolute Gasteiger partial charge is 0.126 e. The Bertz CT molecular complexity index is 350. The van der Waals surface area contributed by atoms with Gasteiger partial charge in [-0.2, -0.15) is 0 Å². The summed E-state index contributed by atoms with van der Waals surface area (Å²) in [6.45, 7) is 5.76. The Kier molecular flexibility index (Phi) is 5.59. The summed E-state index contributed by atoms with van der Waals surface area (Å²) in [6.07, 6.45) is 0.989. The van der Waals surface area contributed by atoms with Crippen LogP contribution in [0.2, 0.25) is 0 Å². The minimum absolute atomic E-state index is 0.116. The molecule has 2 nitrogen and oxygen atoms in total. The van der Waals surface area contributed by atoms with Gasteiger partial charge in [-0.05, 0) is 57.7 Å². The van der Waals surface area contributed by atoms with Gasteiger partial charge in [-0.3, -0.25) is 0 Å². The van der Waals surface area contributed by atoms with Crippen molar-refractivity contribution in [3.8, 4) is 0 Å². The van der Waals surface area contributed by atoms with Gasteiger partial charge in [0, 0.05) is 6.04 Å². The lowest BCUT2D eigenvalue weighted by Gasteiger charge is -2.21. The van der Waals surface area contributed by atoms with Gasteiger partial charge in [-0.15, -0.1) is 0 Å². The Morgan fingerprint density at radius 2 is 2.06 bits per heavy atom. The SMILES string of the molecule is CCNC(CCN(C)C)c1ccc(C)c(F)c1. The monoisotopic (exact) mass is 238 g/mol. The minimum Gasteiger partial charge on any atom is -0.310 e. The molecule has 0 aliphatic heterocycles. The fourth-order valence-corrected chi connectivity index (χ4v) is 1.85. The van der Waals surface area contributed by atoms with Gasteiger partial charge in [0.2, 0.25) is 0 Å². The Balaban J connectivity index is 2.77. The zero-order chi connectivity index (χ0) is 12.8. The van der Waals surface area contributed by atoms with Crippen LogP contribution in [0.1, 0.15) is 30.5 Å². The van der Waals surface area contributed by atoms with Crippen molar-refractivity contribution in [3.05, 3.63) is 35.1 Å². The number of halogens is 1. The quantitative estimate of drug-likeness (QED) is 0.820. The van der Waals surface area contributed by atoms with Crippen molar-refractivity contribution in [2.45, 2.75) is 26.3 Å². The predicted octanol–water partition coefficient (Wildman–Crippen LogP) is 2.74. The topological polar surface area (TPSA) is 15.3 Å². The van der Waals surface area contributed by atoms with Crippen LogP contribution in [0, 0.1) is 12.7 Å². The van der Waals surface area contributed by atoms with Crippen LogP contribution in [-0.2, 0) is 0 Å². The first-order valence-corrected chi connectivity index (χ1v) is 6.18. The number of hydrogen-bond donors (Lipinski definition) is 1. The lowest BCUT2D eigenvalue weighted by molar-refractivity contribution is 0.363. The highest BCUT2D eigenvalue weighted by Crippen LogP contribution is 2.19. The molecular formula is C14H23FN2. The zero-order valence-corrected chi connectivity index (χ0v) is 11.3. The Morgan fingerprint density at radius 1 is 1.35 bits per heavy atom. The lowest BCUT2D eigenvalue weighted by atomic mass is 10.0. The molecule has 1 aromatic carbocycles. The number of nitrogens with one attached hydrogen (secondary N) is 1. The van der Waals surface area contributed by atoms with Gasteiger partial charge in [-0.1, -0.05) is 19.1 Å². The molecule has 0 saturated heterocycles. The molecule has 96 valence electrons. The molecule has 0 bridgehead atoms. The number of rotatable bonds is 6. The van der Waals surface area contributed by atoms with Crippen molar-refractivity contribution in [2.24, 2.45) is 0 Å². The first-order valence-electron chi connectivity index (χ1n) is 6.18. The summed E-state index contributed by atoms with van der Waals surface area (Å²) in [5.41, 5.74) is 1.74. The maximum absolute atomic E-state index is 13.5. The molecule has 0 saturated carbocycles. The molecule has 3 heteroatoms. The van der Waals surface area contributed by atoms with E-state index in [9.17, 15) is 4.39 Å². The third kappa shape index (κ3) is 4.44. The van der Waals surface area contributed by atoms with Gasteiger partial charge in [-0.25, -0.2) is 4.39 Å². The number of nitrogens with zero attached hydrogens (tertiary/aromatic N) is 1. The molecule has 17 heavy (non-hydrogen) atoms. The standard InChI is InChI=1S/C14H23FN2/c1-5-16-14(8-9-17(3)4)12-7-6-11(2)13(15)10-12/h6-7,10,14,16H,5,8-9H2,1-4H3. The molecule has 0 fully saturated rings. The maximum atomic E-state index is 13.5. The summed E-state index contributed by atoms with van der Waals surface area (Å²) in [6, 6.07) is 5.75. The molecule has 0 heterocycles. The van der Waals surface area contributed by atoms with Crippen molar-refractivity contribution in [2.75, 3.05) is 27.2 Å². The molecular weight excluding hydrogens is 215 g/mol. The van der Waals surface area contributed by atoms with Crippen LogP contribution < -0.4 is 5.32 Å². The second kappa shape index (κ2) is 6.72. The predicted molar refractivity (Wildman–Crippen MR) is 70.7 cm³/mol. The molecule has 1 N–H and O–H groups in total. The van der Waals surface area contributed by atoms with Crippen LogP contribution >= 0.6 is 0 Å². The first-order chi connectivity index (χ1) is 8.04. The molecule has 1 rings (SSSR count). The third-order valence-electron chi connectivity index (χ3n) is 2.91. The molecule has 0 aliphatic carbocycles. The largest absolute Gasteiger partial charge is 0.310 e. The van der Waals surface area contributed by atoms with Crippen LogP contribution in [0.5, 0.6) is 0 Å². The fourth-order valence-electron chi connectivity index (χ4n) is 1.85. The average molecular weight is 238 g/mol. The summed E-state index contributed by atoms with van der Waals surface area (Å²) in [7, 11) is 4.11. The summed E-state index contributed by atoms with van der Waals surface area (Å²) in [5.74, 6) is -0.116. The van der Waals surface area contributed by atoms with E-state index in [4.69, 9.17) is 0 Å². The van der Waals surface area contributed by atoms with E-state index in [0.29, 0.717) is 5.56 Å². The van der Waals surface area contributed by atoms with Crippen LogP contribution in [0.15, 0.2) is 18.2 Å².